The number of aliphatic hydroxyl groups is 1. The van der Waals surface area contributed by atoms with Gasteiger partial charge in [0.2, 0.25) is 5.91 Å². The molecule has 0 radical (unpaired) electrons. The molecule has 2 unspecified atom stereocenters. The first-order valence-electron chi connectivity index (χ1n) is 6.54. The Morgan fingerprint density at radius 2 is 2.05 bits per heavy atom. The zero-order valence-corrected chi connectivity index (χ0v) is 11.6. The van der Waals surface area contributed by atoms with E-state index in [-0.39, 0.29) is 18.9 Å². The summed E-state index contributed by atoms with van der Waals surface area (Å²) in [6.07, 6.45) is -4.74. The third-order valence-corrected chi connectivity index (χ3v) is 3.65. The summed E-state index contributed by atoms with van der Waals surface area (Å²) in [5, 5.41) is 9.41. The van der Waals surface area contributed by atoms with Gasteiger partial charge in [-0.05, 0) is 29.8 Å². The van der Waals surface area contributed by atoms with Gasteiger partial charge >= 0.3 is 0 Å². The van der Waals surface area contributed by atoms with Gasteiger partial charge in [-0.15, -0.1) is 0 Å². The highest BCUT2D eigenvalue weighted by molar-refractivity contribution is 5.88. The van der Waals surface area contributed by atoms with Crippen molar-refractivity contribution in [3.63, 3.8) is 0 Å². The highest BCUT2D eigenvalue weighted by Gasteiger charge is 2.39. The number of methoxy groups -OCH3 is 1. The van der Waals surface area contributed by atoms with E-state index in [1.165, 1.54) is 4.90 Å². The van der Waals surface area contributed by atoms with Gasteiger partial charge in [-0.2, -0.15) is 0 Å². The number of alkyl halides is 2. The maximum Gasteiger partial charge on any atom is 0.264 e. The minimum absolute atomic E-state index is 0.0508. The highest BCUT2D eigenvalue weighted by atomic mass is 19.3. The number of ether oxygens (including phenoxy) is 1. The molecule has 0 aliphatic carbocycles. The smallest absolute Gasteiger partial charge is 0.264 e. The Labute approximate surface area is 121 Å². The first-order chi connectivity index (χ1) is 9.93. The average Bonchev–Trinajstić information content (AvgIpc) is 2.87. The summed E-state index contributed by atoms with van der Waals surface area (Å²) in [6.45, 7) is 3.90. The number of aliphatic hydroxyl groups excluding tert-OH is 1. The summed E-state index contributed by atoms with van der Waals surface area (Å²) in [4.78, 5) is 13.3. The first kappa shape index (κ1) is 15.4. The van der Waals surface area contributed by atoms with Crippen molar-refractivity contribution >= 4 is 11.6 Å². The van der Waals surface area contributed by atoms with Crippen molar-refractivity contribution in [3.05, 3.63) is 36.4 Å². The van der Waals surface area contributed by atoms with Crippen molar-refractivity contribution in [3.8, 4) is 5.75 Å². The molecule has 114 valence electrons. The minimum Gasteiger partial charge on any atom is -0.497 e. The van der Waals surface area contributed by atoms with Crippen LogP contribution in [0.3, 0.4) is 0 Å². The Hall–Kier alpha value is -1.95. The molecule has 6 heteroatoms. The summed E-state index contributed by atoms with van der Waals surface area (Å²) in [7, 11) is 1.55. The fourth-order valence-electron chi connectivity index (χ4n) is 2.37. The Bertz CT molecular complexity index is 530. The highest BCUT2D eigenvalue weighted by Crippen LogP contribution is 2.30. The second-order valence-electron chi connectivity index (χ2n) is 4.97. The second-order valence-corrected chi connectivity index (χ2v) is 4.97. The zero-order chi connectivity index (χ0) is 15.6. The lowest BCUT2D eigenvalue weighted by molar-refractivity contribution is -0.125. The summed E-state index contributed by atoms with van der Waals surface area (Å²) in [5.74, 6) is -0.404. The number of benzene rings is 1. The standard InChI is InChI=1S/C15H17F2NO3/c1-9(10-3-5-12(21-2)6-4-10)18-8-11(7-13(18)19)14(20)15(16)17/h3-6,11,14-15,20H,1,7-8H2,2H3. The second kappa shape index (κ2) is 6.22. The number of nitrogens with zero attached hydrogens (tertiary/aromatic N) is 1. The molecule has 1 saturated heterocycles. The van der Waals surface area contributed by atoms with E-state index in [2.05, 4.69) is 6.58 Å². The number of rotatable bonds is 5. The van der Waals surface area contributed by atoms with Crippen molar-refractivity contribution in [1.82, 2.24) is 4.90 Å². The lowest BCUT2D eigenvalue weighted by Gasteiger charge is -2.21. The molecule has 1 N–H and O–H groups in total. The molecule has 1 aliphatic rings. The van der Waals surface area contributed by atoms with Gasteiger partial charge in [-0.1, -0.05) is 6.58 Å². The van der Waals surface area contributed by atoms with Crippen LogP contribution in [0.1, 0.15) is 12.0 Å². The summed E-state index contributed by atoms with van der Waals surface area (Å²) < 4.78 is 30.1. The molecule has 2 atom stereocenters. The molecule has 0 aromatic heterocycles. The fourth-order valence-corrected chi connectivity index (χ4v) is 2.37. The van der Waals surface area contributed by atoms with E-state index in [0.29, 0.717) is 17.0 Å². The van der Waals surface area contributed by atoms with Gasteiger partial charge in [0.05, 0.1) is 7.11 Å². The number of halogens is 2. The number of hydrogen-bond acceptors (Lipinski definition) is 3. The fraction of sp³-hybridized carbons (Fsp3) is 0.400. The molecule has 0 saturated carbocycles. The lowest BCUT2D eigenvalue weighted by atomic mass is 10.0. The topological polar surface area (TPSA) is 49.8 Å². The summed E-state index contributed by atoms with van der Waals surface area (Å²) >= 11 is 0. The van der Waals surface area contributed by atoms with Crippen molar-refractivity contribution in [2.75, 3.05) is 13.7 Å². The maximum atomic E-state index is 12.5. The van der Waals surface area contributed by atoms with E-state index in [1.807, 2.05) is 0 Å². The van der Waals surface area contributed by atoms with Crippen LogP contribution in [0, 0.1) is 5.92 Å². The number of likely N-dealkylation sites (tertiary alicyclic amines) is 1. The molecule has 1 aromatic carbocycles. The molecule has 0 bridgehead atoms. The lowest BCUT2D eigenvalue weighted by Crippen LogP contribution is -2.30. The SMILES string of the molecule is C=C(c1ccc(OC)cc1)N1CC(C(O)C(F)F)CC1=O. The van der Waals surface area contributed by atoms with Crippen LogP contribution >= 0.6 is 0 Å². The minimum atomic E-state index is -2.85. The van der Waals surface area contributed by atoms with E-state index in [9.17, 15) is 18.7 Å². The average molecular weight is 297 g/mol. The Morgan fingerprint density at radius 1 is 1.43 bits per heavy atom. The predicted octanol–water partition coefficient (Wildman–Crippen LogP) is 2.14. The van der Waals surface area contributed by atoms with Gasteiger partial charge in [0.15, 0.2) is 0 Å². The normalized spacial score (nSPS) is 20.0. The van der Waals surface area contributed by atoms with Gasteiger partial charge in [-0.25, -0.2) is 8.78 Å². The van der Waals surface area contributed by atoms with Gasteiger partial charge in [0.25, 0.3) is 6.43 Å². The number of hydrogen-bond donors (Lipinski definition) is 1. The number of carbonyl (C=O) groups is 1. The van der Waals surface area contributed by atoms with Gasteiger partial charge in [0.1, 0.15) is 11.9 Å². The molecular weight excluding hydrogens is 280 g/mol. The Kier molecular flexibility index (Phi) is 4.57. The van der Waals surface area contributed by atoms with Crippen molar-refractivity contribution in [2.24, 2.45) is 5.92 Å². The molecule has 1 aliphatic heterocycles. The van der Waals surface area contributed by atoms with E-state index in [1.54, 1.807) is 31.4 Å². The van der Waals surface area contributed by atoms with Crippen LogP contribution in [0.2, 0.25) is 0 Å². The number of amides is 1. The van der Waals surface area contributed by atoms with Crippen LogP contribution < -0.4 is 4.74 Å². The van der Waals surface area contributed by atoms with E-state index in [4.69, 9.17) is 4.74 Å². The monoisotopic (exact) mass is 297 g/mol. The van der Waals surface area contributed by atoms with Crippen LogP contribution in [0.25, 0.3) is 5.70 Å². The van der Waals surface area contributed by atoms with E-state index < -0.39 is 18.4 Å². The maximum absolute atomic E-state index is 12.5. The quantitative estimate of drug-likeness (QED) is 0.906. The largest absolute Gasteiger partial charge is 0.497 e. The van der Waals surface area contributed by atoms with Crippen LogP contribution in [-0.4, -0.2) is 42.1 Å². The molecule has 1 fully saturated rings. The predicted molar refractivity (Wildman–Crippen MR) is 73.9 cm³/mol. The summed E-state index contributed by atoms with van der Waals surface area (Å²) in [6, 6.07) is 6.94. The van der Waals surface area contributed by atoms with Crippen LogP contribution in [0.5, 0.6) is 5.75 Å². The molecule has 1 amide bonds. The van der Waals surface area contributed by atoms with Crippen LogP contribution in [0.15, 0.2) is 30.8 Å². The van der Waals surface area contributed by atoms with Crippen LogP contribution in [0.4, 0.5) is 8.78 Å². The number of carbonyl (C=O) groups excluding carboxylic acids is 1. The van der Waals surface area contributed by atoms with E-state index >= 15 is 0 Å². The first-order valence-corrected chi connectivity index (χ1v) is 6.54. The molecule has 21 heavy (non-hydrogen) atoms. The Balaban J connectivity index is 2.10. The molecule has 4 nitrogen and oxygen atoms in total. The van der Waals surface area contributed by atoms with Gasteiger partial charge in [-0.3, -0.25) is 4.79 Å². The molecule has 1 aromatic rings. The van der Waals surface area contributed by atoms with Crippen molar-refractivity contribution in [1.29, 1.82) is 0 Å². The van der Waals surface area contributed by atoms with Crippen LogP contribution in [-0.2, 0) is 4.79 Å². The molecule has 2 rings (SSSR count). The van der Waals surface area contributed by atoms with Gasteiger partial charge in [0, 0.05) is 24.6 Å². The third kappa shape index (κ3) is 3.21. The van der Waals surface area contributed by atoms with E-state index in [0.717, 1.165) is 0 Å². The summed E-state index contributed by atoms with van der Waals surface area (Å²) in [5.41, 5.74) is 1.14. The zero-order valence-electron chi connectivity index (χ0n) is 11.6. The molecule has 0 spiro atoms. The van der Waals surface area contributed by atoms with Gasteiger partial charge < -0.3 is 14.7 Å². The molecular formula is C15H17F2NO3. The van der Waals surface area contributed by atoms with Crippen molar-refractivity contribution in [2.45, 2.75) is 19.0 Å². The van der Waals surface area contributed by atoms with Crippen molar-refractivity contribution < 1.29 is 23.4 Å². The third-order valence-electron chi connectivity index (χ3n) is 3.65. The molecule has 1 heterocycles. The Morgan fingerprint density at radius 3 is 2.57 bits per heavy atom.